The Balaban J connectivity index is 1.96. The Labute approximate surface area is 187 Å². The van der Waals surface area contributed by atoms with Crippen LogP contribution in [0.25, 0.3) is 11.3 Å². The van der Waals surface area contributed by atoms with Gasteiger partial charge in [0, 0.05) is 29.1 Å². The molecular formula is C22H21ClF2N4O3. The number of aliphatic hydroxyl groups excluding tert-OH is 1. The number of alkyl halides is 2. The number of halogens is 3. The molecule has 2 aliphatic rings. The van der Waals surface area contributed by atoms with E-state index in [2.05, 4.69) is 10.1 Å². The average Bonchev–Trinajstić information content (AvgIpc) is 2.76. The van der Waals surface area contributed by atoms with Gasteiger partial charge in [0.2, 0.25) is 0 Å². The molecule has 2 aromatic rings. The van der Waals surface area contributed by atoms with Crippen LogP contribution in [0.4, 0.5) is 8.78 Å². The molecule has 1 saturated carbocycles. The number of nitrogens with zero attached hydrogens (tertiary/aromatic N) is 3. The number of aromatic nitrogens is 2. The zero-order chi connectivity index (χ0) is 23.1. The fourth-order valence-electron chi connectivity index (χ4n) is 4.45. The van der Waals surface area contributed by atoms with Crippen molar-refractivity contribution < 1.29 is 18.7 Å². The van der Waals surface area contributed by atoms with Crippen molar-refractivity contribution in [2.75, 3.05) is 6.54 Å². The number of nitrogens with two attached hydrogens (primary N) is 1. The van der Waals surface area contributed by atoms with E-state index in [1.807, 2.05) is 0 Å². The van der Waals surface area contributed by atoms with E-state index in [1.165, 1.54) is 18.4 Å². The van der Waals surface area contributed by atoms with E-state index >= 15 is 0 Å². The average molecular weight is 463 g/mol. The topological polar surface area (TPSA) is 111 Å². The standard InChI is InChI=1S/C22H21ClF2N4O3/c23-14-6-4-13(5-7-14)17-11-15(19(26)31)20(32)29(28-17)21(8-2-10-27-12-21)16-3-1-9-22(24,25)18(16)30/h2,4-8,10-11,16,18,30H,1,3,9,12H2,(H2,26,31)/t16-,18+,21?/m1/s1. The first-order chi connectivity index (χ1) is 15.2. The summed E-state index contributed by atoms with van der Waals surface area (Å²) in [4.78, 5) is 29.6. The van der Waals surface area contributed by atoms with Crippen LogP contribution in [0.3, 0.4) is 0 Å². The largest absolute Gasteiger partial charge is 0.386 e. The highest BCUT2D eigenvalue weighted by Gasteiger charge is 2.55. The molecule has 1 fully saturated rings. The van der Waals surface area contributed by atoms with Gasteiger partial charge in [-0.05, 0) is 37.1 Å². The van der Waals surface area contributed by atoms with Gasteiger partial charge < -0.3 is 10.8 Å². The summed E-state index contributed by atoms with van der Waals surface area (Å²) in [5.41, 5.74) is 3.55. The lowest BCUT2D eigenvalue weighted by molar-refractivity contribution is -0.171. The Morgan fingerprint density at radius 1 is 1.28 bits per heavy atom. The zero-order valence-corrected chi connectivity index (χ0v) is 17.7. The zero-order valence-electron chi connectivity index (χ0n) is 16.9. The molecule has 0 saturated heterocycles. The van der Waals surface area contributed by atoms with Crippen molar-refractivity contribution in [2.24, 2.45) is 16.6 Å². The van der Waals surface area contributed by atoms with Crippen molar-refractivity contribution in [1.82, 2.24) is 9.78 Å². The van der Waals surface area contributed by atoms with Crippen LogP contribution in [0.5, 0.6) is 0 Å². The van der Waals surface area contributed by atoms with Gasteiger partial charge in [-0.2, -0.15) is 5.10 Å². The van der Waals surface area contributed by atoms with Gasteiger partial charge >= 0.3 is 0 Å². The van der Waals surface area contributed by atoms with Gasteiger partial charge in [0.1, 0.15) is 17.2 Å². The number of hydrogen-bond acceptors (Lipinski definition) is 5. The van der Waals surface area contributed by atoms with Gasteiger partial charge in [-0.1, -0.05) is 29.8 Å². The molecule has 2 heterocycles. The molecule has 168 valence electrons. The molecule has 0 radical (unpaired) electrons. The van der Waals surface area contributed by atoms with Crippen molar-refractivity contribution in [3.63, 3.8) is 0 Å². The number of aliphatic hydroxyl groups is 1. The van der Waals surface area contributed by atoms with Gasteiger partial charge in [-0.15, -0.1) is 0 Å². The summed E-state index contributed by atoms with van der Waals surface area (Å²) in [5.74, 6) is -5.37. The molecular weight excluding hydrogens is 442 g/mol. The second kappa shape index (κ2) is 8.22. The normalized spacial score (nSPS) is 26.8. The molecule has 0 spiro atoms. The summed E-state index contributed by atoms with van der Waals surface area (Å²) in [6.07, 6.45) is 2.46. The smallest absolute Gasteiger partial charge is 0.280 e. The molecule has 1 aromatic carbocycles. The Kier molecular flexibility index (Phi) is 5.72. The third-order valence-electron chi connectivity index (χ3n) is 6.11. The van der Waals surface area contributed by atoms with E-state index in [9.17, 15) is 23.5 Å². The number of allylic oxidation sites excluding steroid dienone is 1. The van der Waals surface area contributed by atoms with Crippen molar-refractivity contribution in [3.8, 4) is 11.3 Å². The number of rotatable bonds is 4. The molecule has 1 amide bonds. The minimum Gasteiger partial charge on any atom is -0.386 e. The van der Waals surface area contributed by atoms with Crippen LogP contribution in [0.2, 0.25) is 5.02 Å². The highest BCUT2D eigenvalue weighted by molar-refractivity contribution is 6.30. The highest BCUT2D eigenvalue weighted by Crippen LogP contribution is 2.45. The first-order valence-electron chi connectivity index (χ1n) is 10.1. The van der Waals surface area contributed by atoms with Gasteiger partial charge in [0.25, 0.3) is 17.4 Å². The summed E-state index contributed by atoms with van der Waals surface area (Å²) < 4.78 is 29.9. The lowest BCUT2D eigenvalue weighted by Gasteiger charge is -2.45. The van der Waals surface area contributed by atoms with Crippen LogP contribution in [0.1, 0.15) is 29.6 Å². The third kappa shape index (κ3) is 3.75. The molecule has 32 heavy (non-hydrogen) atoms. The second-order valence-electron chi connectivity index (χ2n) is 8.08. The Morgan fingerprint density at radius 2 is 2.00 bits per heavy atom. The van der Waals surface area contributed by atoms with E-state index in [1.54, 1.807) is 30.3 Å². The predicted octanol–water partition coefficient (Wildman–Crippen LogP) is 2.79. The van der Waals surface area contributed by atoms with Gasteiger partial charge in [0.15, 0.2) is 0 Å². The molecule has 3 atom stereocenters. The predicted molar refractivity (Wildman–Crippen MR) is 116 cm³/mol. The van der Waals surface area contributed by atoms with E-state index in [0.29, 0.717) is 10.6 Å². The lowest BCUT2D eigenvalue weighted by atomic mass is 9.70. The molecule has 1 aliphatic carbocycles. The number of carbonyl (C=O) groups is 1. The van der Waals surface area contributed by atoms with Gasteiger partial charge in [0.05, 0.1) is 12.2 Å². The van der Waals surface area contributed by atoms with Gasteiger partial charge in [-0.25, -0.2) is 13.5 Å². The Bertz CT molecular complexity index is 1160. The monoisotopic (exact) mass is 462 g/mol. The second-order valence-corrected chi connectivity index (χ2v) is 8.51. The summed E-state index contributed by atoms with van der Waals surface area (Å²) in [6, 6.07) is 7.79. The molecule has 0 bridgehead atoms. The minimum absolute atomic E-state index is 0.101. The van der Waals surface area contributed by atoms with E-state index in [4.69, 9.17) is 17.3 Å². The van der Waals surface area contributed by atoms with Crippen LogP contribution in [-0.4, -0.2) is 45.6 Å². The third-order valence-corrected chi connectivity index (χ3v) is 6.37. The van der Waals surface area contributed by atoms with Crippen molar-refractivity contribution >= 4 is 23.7 Å². The molecule has 3 N–H and O–H groups in total. The Hall–Kier alpha value is -2.91. The number of aliphatic imine (C=N–C) groups is 1. The number of primary amides is 1. The summed E-state index contributed by atoms with van der Waals surface area (Å²) in [5, 5.41) is 15.5. The van der Waals surface area contributed by atoms with Crippen LogP contribution in [0, 0.1) is 5.92 Å². The fourth-order valence-corrected chi connectivity index (χ4v) is 4.58. The number of hydrogen-bond donors (Lipinski definition) is 2. The van der Waals surface area contributed by atoms with Gasteiger partial charge in [-0.3, -0.25) is 14.6 Å². The summed E-state index contributed by atoms with van der Waals surface area (Å²) in [6.45, 7) is -0.101. The molecule has 1 aromatic heterocycles. The molecule has 4 rings (SSSR count). The fraction of sp³-hybridized carbons (Fsp3) is 0.364. The van der Waals surface area contributed by atoms with Crippen molar-refractivity contribution in [1.29, 1.82) is 0 Å². The maximum absolute atomic E-state index is 14.5. The number of benzene rings is 1. The maximum Gasteiger partial charge on any atom is 0.280 e. The quantitative estimate of drug-likeness (QED) is 0.727. The summed E-state index contributed by atoms with van der Waals surface area (Å²) in [7, 11) is 0. The van der Waals surface area contributed by atoms with Crippen LogP contribution in [-0.2, 0) is 5.54 Å². The number of dihydropyridines is 1. The molecule has 1 unspecified atom stereocenters. The first kappa shape index (κ1) is 22.3. The highest BCUT2D eigenvalue weighted by atomic mass is 35.5. The van der Waals surface area contributed by atoms with Crippen LogP contribution in [0.15, 0.2) is 52.3 Å². The van der Waals surface area contributed by atoms with E-state index in [-0.39, 0.29) is 30.6 Å². The van der Waals surface area contributed by atoms with Crippen LogP contribution < -0.4 is 11.3 Å². The van der Waals surface area contributed by atoms with E-state index in [0.717, 1.165) is 4.68 Å². The maximum atomic E-state index is 14.5. The SMILES string of the molecule is NC(=O)c1cc(-c2ccc(Cl)cc2)nn(C2([C@@H]3CCCC(F)(F)[C@H]3O)C=CC=NC2)c1=O. The molecule has 7 nitrogen and oxygen atoms in total. The first-order valence-corrected chi connectivity index (χ1v) is 10.5. The number of amides is 1. The number of carbonyl (C=O) groups excluding carboxylic acids is 1. The lowest BCUT2D eigenvalue weighted by Crippen LogP contribution is -2.59. The molecule has 10 heteroatoms. The minimum atomic E-state index is -3.32. The van der Waals surface area contributed by atoms with Crippen molar-refractivity contribution in [3.05, 3.63) is 63.4 Å². The van der Waals surface area contributed by atoms with Crippen LogP contribution >= 0.6 is 11.6 Å². The Morgan fingerprint density at radius 3 is 2.62 bits per heavy atom. The molecule has 1 aliphatic heterocycles. The van der Waals surface area contributed by atoms with E-state index < -0.39 is 41.4 Å². The van der Waals surface area contributed by atoms with Crippen molar-refractivity contribution in [2.45, 2.75) is 36.8 Å². The summed E-state index contributed by atoms with van der Waals surface area (Å²) >= 11 is 5.95.